The molecule has 2 aromatic rings. The number of anilines is 2. The molecule has 0 radical (unpaired) electrons. The van der Waals surface area contributed by atoms with Crippen LogP contribution in [0.25, 0.3) is 0 Å². The summed E-state index contributed by atoms with van der Waals surface area (Å²) in [4.78, 5) is 21.0. The Labute approximate surface area is 151 Å². The molecule has 1 saturated heterocycles. The van der Waals surface area contributed by atoms with Crippen molar-refractivity contribution in [2.24, 2.45) is 0 Å². The molecule has 138 valence electrons. The lowest BCUT2D eigenvalue weighted by atomic mass is 10.2. The highest BCUT2D eigenvalue weighted by Crippen LogP contribution is 2.23. The van der Waals surface area contributed by atoms with Crippen LogP contribution in [0.3, 0.4) is 0 Å². The van der Waals surface area contributed by atoms with Gasteiger partial charge < -0.3 is 15.4 Å². The van der Waals surface area contributed by atoms with E-state index in [-0.39, 0.29) is 29.2 Å². The van der Waals surface area contributed by atoms with E-state index < -0.39 is 15.7 Å². The van der Waals surface area contributed by atoms with Gasteiger partial charge in [0.15, 0.2) is 9.84 Å². The maximum atomic E-state index is 12.5. The fourth-order valence-electron chi connectivity index (χ4n) is 2.78. The Morgan fingerprint density at radius 2 is 2.04 bits per heavy atom. The summed E-state index contributed by atoms with van der Waals surface area (Å²) in [6.07, 6.45) is 0.502. The minimum absolute atomic E-state index is 0.0487. The number of benzene rings is 1. The molecule has 1 aromatic carbocycles. The van der Waals surface area contributed by atoms with Crippen LogP contribution in [0.15, 0.2) is 30.3 Å². The third-order valence-corrected chi connectivity index (χ3v) is 5.78. The van der Waals surface area contributed by atoms with Crippen LogP contribution in [0, 0.1) is 6.92 Å². The molecule has 0 bridgehead atoms. The molecule has 26 heavy (non-hydrogen) atoms. The number of amides is 1. The molecule has 0 saturated carbocycles. The van der Waals surface area contributed by atoms with Crippen molar-refractivity contribution in [1.29, 1.82) is 0 Å². The topological polar surface area (TPSA) is 110 Å². The van der Waals surface area contributed by atoms with Crippen LogP contribution in [0.1, 0.15) is 22.6 Å². The summed E-state index contributed by atoms with van der Waals surface area (Å²) in [6.45, 7) is 1.75. The third kappa shape index (κ3) is 4.29. The lowest BCUT2D eigenvalue weighted by Gasteiger charge is -2.13. The highest BCUT2D eigenvalue weighted by Gasteiger charge is 2.28. The number of nitrogens with one attached hydrogen (secondary N) is 2. The van der Waals surface area contributed by atoms with Gasteiger partial charge in [-0.3, -0.25) is 4.79 Å². The first-order valence-electron chi connectivity index (χ1n) is 8.13. The lowest BCUT2D eigenvalue weighted by Crippen LogP contribution is -2.23. The monoisotopic (exact) mass is 376 g/mol. The number of para-hydroxylation sites is 2. The first kappa shape index (κ1) is 18.1. The van der Waals surface area contributed by atoms with E-state index >= 15 is 0 Å². The number of aromatic nitrogens is 2. The van der Waals surface area contributed by atoms with Gasteiger partial charge in [0.25, 0.3) is 5.91 Å². The van der Waals surface area contributed by atoms with Crippen LogP contribution >= 0.6 is 0 Å². The van der Waals surface area contributed by atoms with Crippen LogP contribution in [0.2, 0.25) is 0 Å². The summed E-state index contributed by atoms with van der Waals surface area (Å²) in [5.41, 5.74) is 1.33. The van der Waals surface area contributed by atoms with Crippen LogP contribution in [-0.2, 0) is 9.84 Å². The van der Waals surface area contributed by atoms with Crippen molar-refractivity contribution in [3.63, 3.8) is 0 Å². The number of carbonyl (C=O) groups is 1. The second-order valence-electron chi connectivity index (χ2n) is 6.12. The Kier molecular flexibility index (Phi) is 5.08. The van der Waals surface area contributed by atoms with Crippen molar-refractivity contribution < 1.29 is 17.9 Å². The average Bonchev–Trinajstić information content (AvgIpc) is 2.93. The SMILES string of the molecule is COc1ccccc1NC(=O)c1cc(C)nc(NC2CCS(=O)(=O)C2)n1. The van der Waals surface area contributed by atoms with Crippen molar-refractivity contribution in [3.8, 4) is 5.75 Å². The Hall–Kier alpha value is -2.68. The van der Waals surface area contributed by atoms with Gasteiger partial charge in [0.05, 0.1) is 24.3 Å². The zero-order valence-electron chi connectivity index (χ0n) is 14.5. The fraction of sp³-hybridized carbons (Fsp3) is 0.353. The normalized spacial score (nSPS) is 18.3. The zero-order valence-corrected chi connectivity index (χ0v) is 15.3. The second-order valence-corrected chi connectivity index (χ2v) is 8.35. The van der Waals surface area contributed by atoms with Crippen LogP contribution < -0.4 is 15.4 Å². The molecule has 8 nitrogen and oxygen atoms in total. The molecule has 3 rings (SSSR count). The summed E-state index contributed by atoms with van der Waals surface area (Å²) in [7, 11) is -1.49. The zero-order chi connectivity index (χ0) is 18.7. The molecular weight excluding hydrogens is 356 g/mol. The van der Waals surface area contributed by atoms with E-state index in [1.165, 1.54) is 7.11 Å². The summed E-state index contributed by atoms with van der Waals surface area (Å²) in [5.74, 6) is 0.588. The molecule has 0 aliphatic carbocycles. The molecule has 2 heterocycles. The van der Waals surface area contributed by atoms with E-state index in [4.69, 9.17) is 4.74 Å². The molecule has 1 amide bonds. The van der Waals surface area contributed by atoms with Gasteiger partial charge >= 0.3 is 0 Å². The highest BCUT2D eigenvalue weighted by atomic mass is 32.2. The number of nitrogens with zero attached hydrogens (tertiary/aromatic N) is 2. The molecule has 1 unspecified atom stereocenters. The third-order valence-electron chi connectivity index (χ3n) is 4.01. The number of methoxy groups -OCH3 is 1. The minimum Gasteiger partial charge on any atom is -0.495 e. The van der Waals surface area contributed by atoms with Gasteiger partial charge in [0.1, 0.15) is 11.4 Å². The first-order valence-corrected chi connectivity index (χ1v) is 9.95. The van der Waals surface area contributed by atoms with Gasteiger partial charge in [-0.15, -0.1) is 0 Å². The van der Waals surface area contributed by atoms with E-state index in [0.717, 1.165) is 0 Å². The van der Waals surface area contributed by atoms with Crippen molar-refractivity contribution in [1.82, 2.24) is 9.97 Å². The molecule has 1 fully saturated rings. The number of hydrogen-bond donors (Lipinski definition) is 2. The Balaban J connectivity index is 1.77. The summed E-state index contributed by atoms with van der Waals surface area (Å²) >= 11 is 0. The molecule has 1 aliphatic heterocycles. The largest absolute Gasteiger partial charge is 0.495 e. The Bertz CT molecular complexity index is 930. The van der Waals surface area contributed by atoms with Gasteiger partial charge in [-0.05, 0) is 31.5 Å². The van der Waals surface area contributed by atoms with Gasteiger partial charge in [0.2, 0.25) is 5.95 Å². The number of ether oxygens (including phenoxy) is 1. The molecule has 9 heteroatoms. The fourth-order valence-corrected chi connectivity index (χ4v) is 4.45. The molecule has 1 aromatic heterocycles. The van der Waals surface area contributed by atoms with Crippen LogP contribution in [0.5, 0.6) is 5.75 Å². The molecule has 1 aliphatic rings. The number of hydrogen-bond acceptors (Lipinski definition) is 7. The molecule has 2 N–H and O–H groups in total. The van der Waals surface area contributed by atoms with Crippen LogP contribution in [-0.4, -0.2) is 49.0 Å². The van der Waals surface area contributed by atoms with Gasteiger partial charge in [-0.2, -0.15) is 0 Å². The highest BCUT2D eigenvalue weighted by molar-refractivity contribution is 7.91. The predicted molar refractivity (Wildman–Crippen MR) is 98.4 cm³/mol. The van der Waals surface area contributed by atoms with Crippen molar-refractivity contribution in [3.05, 3.63) is 41.7 Å². The summed E-state index contributed by atoms with van der Waals surface area (Å²) in [6, 6.07) is 8.40. The standard InChI is InChI=1S/C17H20N4O4S/c1-11-9-14(16(22)20-13-5-3-4-6-15(13)25-2)21-17(18-11)19-12-7-8-26(23,24)10-12/h3-6,9,12H,7-8,10H2,1-2H3,(H,20,22)(H,18,19,21). The first-order chi connectivity index (χ1) is 12.4. The molecule has 1 atom stereocenters. The van der Waals surface area contributed by atoms with E-state index in [1.54, 1.807) is 37.3 Å². The summed E-state index contributed by atoms with van der Waals surface area (Å²) in [5, 5.41) is 5.77. The van der Waals surface area contributed by atoms with E-state index in [1.807, 2.05) is 0 Å². The Morgan fingerprint density at radius 3 is 2.73 bits per heavy atom. The van der Waals surface area contributed by atoms with Gasteiger partial charge in [-0.25, -0.2) is 18.4 Å². The maximum absolute atomic E-state index is 12.5. The van der Waals surface area contributed by atoms with E-state index in [9.17, 15) is 13.2 Å². The summed E-state index contributed by atoms with van der Waals surface area (Å²) < 4.78 is 28.4. The van der Waals surface area contributed by atoms with Gasteiger partial charge in [-0.1, -0.05) is 12.1 Å². The van der Waals surface area contributed by atoms with Crippen molar-refractivity contribution >= 4 is 27.4 Å². The van der Waals surface area contributed by atoms with E-state index in [0.29, 0.717) is 23.6 Å². The maximum Gasteiger partial charge on any atom is 0.274 e. The number of aryl methyl sites for hydroxylation is 1. The minimum atomic E-state index is -3.01. The molecular formula is C17H20N4O4S. The van der Waals surface area contributed by atoms with Crippen molar-refractivity contribution in [2.45, 2.75) is 19.4 Å². The molecule has 0 spiro atoms. The average molecular weight is 376 g/mol. The Morgan fingerprint density at radius 1 is 1.27 bits per heavy atom. The predicted octanol–water partition coefficient (Wildman–Crippen LogP) is 1.64. The van der Waals surface area contributed by atoms with Crippen molar-refractivity contribution in [2.75, 3.05) is 29.2 Å². The second kappa shape index (κ2) is 7.28. The smallest absolute Gasteiger partial charge is 0.274 e. The van der Waals surface area contributed by atoms with E-state index in [2.05, 4.69) is 20.6 Å². The quantitative estimate of drug-likeness (QED) is 0.816. The number of rotatable bonds is 5. The van der Waals surface area contributed by atoms with Crippen LogP contribution in [0.4, 0.5) is 11.6 Å². The number of carbonyl (C=O) groups excluding carboxylic acids is 1. The number of sulfone groups is 1. The van der Waals surface area contributed by atoms with Gasteiger partial charge in [0, 0.05) is 11.7 Å². The lowest BCUT2D eigenvalue weighted by molar-refractivity contribution is 0.102.